The molecule has 7 heteroatoms. The van der Waals surface area contributed by atoms with Crippen LogP contribution in [0.15, 0.2) is 18.2 Å². The van der Waals surface area contributed by atoms with Crippen LogP contribution in [0.1, 0.15) is 17.3 Å². The number of carbonyl (C=O) groups is 1. The van der Waals surface area contributed by atoms with Gasteiger partial charge in [-0.15, -0.1) is 13.2 Å². The highest BCUT2D eigenvalue weighted by Gasteiger charge is 2.31. The van der Waals surface area contributed by atoms with Gasteiger partial charge in [0.05, 0.1) is 9.85 Å². The second kappa shape index (κ2) is 5.27. The Bertz CT molecular complexity index is 432. The SMILES string of the molecule is CC(Br)C(=O)c1cc(OC(F)(F)F)ccc1Cl. The molecular formula is C10H7BrClF3O2. The summed E-state index contributed by atoms with van der Waals surface area (Å²) in [5.41, 5.74) is -0.0159. The maximum absolute atomic E-state index is 12.0. The van der Waals surface area contributed by atoms with Gasteiger partial charge < -0.3 is 4.74 Å². The summed E-state index contributed by atoms with van der Waals surface area (Å²) in [5.74, 6) is -0.888. The predicted octanol–water partition coefficient (Wildman–Crippen LogP) is 4.20. The van der Waals surface area contributed by atoms with Crippen LogP contribution in [-0.2, 0) is 0 Å². The van der Waals surface area contributed by atoms with Gasteiger partial charge in [0.25, 0.3) is 0 Å². The molecular weight excluding hydrogens is 324 g/mol. The van der Waals surface area contributed by atoms with Crippen molar-refractivity contribution >= 4 is 33.3 Å². The van der Waals surface area contributed by atoms with E-state index in [-0.39, 0.29) is 10.6 Å². The summed E-state index contributed by atoms with van der Waals surface area (Å²) in [6.07, 6.45) is -4.80. The summed E-state index contributed by atoms with van der Waals surface area (Å²) in [7, 11) is 0. The molecule has 1 unspecified atom stereocenters. The van der Waals surface area contributed by atoms with Gasteiger partial charge in [-0.25, -0.2) is 0 Å². The normalized spacial score (nSPS) is 13.3. The smallest absolute Gasteiger partial charge is 0.406 e. The number of alkyl halides is 4. The molecule has 0 aliphatic heterocycles. The van der Waals surface area contributed by atoms with Crippen molar-refractivity contribution < 1.29 is 22.7 Å². The van der Waals surface area contributed by atoms with E-state index in [0.717, 1.165) is 12.1 Å². The second-order valence-corrected chi connectivity index (χ2v) is 4.95. The quantitative estimate of drug-likeness (QED) is 0.613. The molecule has 0 saturated heterocycles. The fraction of sp³-hybridized carbons (Fsp3) is 0.300. The van der Waals surface area contributed by atoms with Gasteiger partial charge in [0.1, 0.15) is 5.75 Å². The van der Waals surface area contributed by atoms with Gasteiger partial charge in [0, 0.05) is 5.56 Å². The standard InChI is InChI=1S/C10H7BrClF3O2/c1-5(11)9(16)7-4-6(2-3-8(7)12)17-10(13,14)15/h2-5H,1H3. The van der Waals surface area contributed by atoms with Crippen LogP contribution in [0, 0.1) is 0 Å². The zero-order valence-electron chi connectivity index (χ0n) is 8.52. The Morgan fingerprint density at radius 1 is 1.47 bits per heavy atom. The van der Waals surface area contributed by atoms with Crippen molar-refractivity contribution in [2.24, 2.45) is 0 Å². The molecule has 0 saturated carbocycles. The Hall–Kier alpha value is -0.750. The van der Waals surface area contributed by atoms with E-state index in [1.54, 1.807) is 6.92 Å². The first-order chi connectivity index (χ1) is 7.70. The predicted molar refractivity (Wildman–Crippen MR) is 60.9 cm³/mol. The number of benzene rings is 1. The zero-order chi connectivity index (χ0) is 13.2. The molecule has 0 amide bonds. The Labute approximate surface area is 109 Å². The van der Waals surface area contributed by atoms with Crippen LogP contribution >= 0.6 is 27.5 Å². The lowest BCUT2D eigenvalue weighted by Crippen LogP contribution is -2.18. The van der Waals surface area contributed by atoms with Crippen molar-refractivity contribution in [1.82, 2.24) is 0 Å². The van der Waals surface area contributed by atoms with Crippen molar-refractivity contribution in [1.29, 1.82) is 0 Å². The lowest BCUT2D eigenvalue weighted by molar-refractivity contribution is -0.274. The summed E-state index contributed by atoms with van der Waals surface area (Å²) in [5, 5.41) is 0.0795. The molecule has 0 aliphatic rings. The molecule has 0 spiro atoms. The molecule has 1 rings (SSSR count). The topological polar surface area (TPSA) is 26.3 Å². The number of hydrogen-bond donors (Lipinski definition) is 0. The number of Topliss-reactive ketones (excluding diaryl/α,β-unsaturated/α-hetero) is 1. The van der Waals surface area contributed by atoms with Gasteiger partial charge >= 0.3 is 6.36 Å². The third-order valence-electron chi connectivity index (χ3n) is 1.80. The average molecular weight is 332 g/mol. The van der Waals surface area contributed by atoms with Gasteiger partial charge in [0.15, 0.2) is 5.78 Å². The molecule has 2 nitrogen and oxygen atoms in total. The van der Waals surface area contributed by atoms with E-state index in [9.17, 15) is 18.0 Å². The first kappa shape index (κ1) is 14.3. The molecule has 0 fully saturated rings. The highest BCUT2D eigenvalue weighted by atomic mass is 79.9. The fourth-order valence-electron chi connectivity index (χ4n) is 1.10. The van der Waals surface area contributed by atoms with Gasteiger partial charge in [-0.05, 0) is 25.1 Å². The van der Waals surface area contributed by atoms with Crippen LogP contribution in [-0.4, -0.2) is 17.0 Å². The molecule has 1 aromatic carbocycles. The highest BCUT2D eigenvalue weighted by Crippen LogP contribution is 2.28. The minimum Gasteiger partial charge on any atom is -0.406 e. The molecule has 0 radical (unpaired) electrons. The molecule has 94 valence electrons. The molecule has 1 aromatic rings. The van der Waals surface area contributed by atoms with Gasteiger partial charge in [-0.3, -0.25) is 4.79 Å². The van der Waals surface area contributed by atoms with Crippen LogP contribution in [0.4, 0.5) is 13.2 Å². The first-order valence-corrected chi connectivity index (χ1v) is 5.73. The lowest BCUT2D eigenvalue weighted by atomic mass is 10.1. The van der Waals surface area contributed by atoms with Crippen LogP contribution in [0.25, 0.3) is 0 Å². The highest BCUT2D eigenvalue weighted by molar-refractivity contribution is 9.10. The van der Waals surface area contributed by atoms with Crippen molar-refractivity contribution in [3.8, 4) is 5.75 Å². The van der Waals surface area contributed by atoms with Crippen molar-refractivity contribution in [2.75, 3.05) is 0 Å². The Morgan fingerprint density at radius 3 is 2.53 bits per heavy atom. The minimum absolute atomic E-state index is 0.0159. The maximum Gasteiger partial charge on any atom is 0.573 e. The number of ketones is 1. The first-order valence-electron chi connectivity index (χ1n) is 4.44. The molecule has 0 aromatic heterocycles. The maximum atomic E-state index is 12.0. The summed E-state index contributed by atoms with van der Waals surface area (Å²) in [6, 6.07) is 3.20. The second-order valence-electron chi connectivity index (χ2n) is 3.17. The van der Waals surface area contributed by atoms with E-state index >= 15 is 0 Å². The summed E-state index contributed by atoms with van der Waals surface area (Å²) in [6.45, 7) is 1.55. The minimum atomic E-state index is -4.80. The summed E-state index contributed by atoms with van der Waals surface area (Å²) in [4.78, 5) is 11.1. The summed E-state index contributed by atoms with van der Waals surface area (Å²) < 4.78 is 39.7. The van der Waals surface area contributed by atoms with E-state index in [4.69, 9.17) is 11.6 Å². The molecule has 0 N–H and O–H groups in total. The fourth-order valence-corrected chi connectivity index (χ4v) is 1.56. The van der Waals surface area contributed by atoms with Gasteiger partial charge in [-0.1, -0.05) is 27.5 Å². The van der Waals surface area contributed by atoms with Crippen molar-refractivity contribution in [3.63, 3.8) is 0 Å². The number of rotatable bonds is 3. The van der Waals surface area contributed by atoms with Crippen LogP contribution in [0.2, 0.25) is 5.02 Å². The molecule has 1 atom stereocenters. The van der Waals surface area contributed by atoms with Crippen LogP contribution in [0.5, 0.6) is 5.75 Å². The monoisotopic (exact) mass is 330 g/mol. The molecule has 0 heterocycles. The van der Waals surface area contributed by atoms with Gasteiger partial charge in [0.2, 0.25) is 0 Å². The van der Waals surface area contributed by atoms with Gasteiger partial charge in [-0.2, -0.15) is 0 Å². The lowest BCUT2D eigenvalue weighted by Gasteiger charge is -2.11. The molecule has 0 bridgehead atoms. The van der Waals surface area contributed by atoms with E-state index in [1.807, 2.05) is 0 Å². The number of ether oxygens (including phenoxy) is 1. The average Bonchev–Trinajstić information content (AvgIpc) is 2.17. The van der Waals surface area contributed by atoms with E-state index in [2.05, 4.69) is 20.7 Å². The van der Waals surface area contributed by atoms with Crippen molar-refractivity contribution in [3.05, 3.63) is 28.8 Å². The third-order valence-corrected chi connectivity index (χ3v) is 2.54. The number of hydrogen-bond acceptors (Lipinski definition) is 2. The van der Waals surface area contributed by atoms with E-state index in [0.29, 0.717) is 0 Å². The largest absolute Gasteiger partial charge is 0.573 e. The Balaban J connectivity index is 3.07. The molecule has 0 aliphatic carbocycles. The zero-order valence-corrected chi connectivity index (χ0v) is 10.9. The summed E-state index contributed by atoms with van der Waals surface area (Å²) >= 11 is 8.75. The Kier molecular flexibility index (Phi) is 4.43. The van der Waals surface area contributed by atoms with Crippen molar-refractivity contribution in [2.45, 2.75) is 18.1 Å². The van der Waals surface area contributed by atoms with Crippen LogP contribution < -0.4 is 4.74 Å². The molecule has 17 heavy (non-hydrogen) atoms. The number of carbonyl (C=O) groups excluding carboxylic acids is 1. The third kappa shape index (κ3) is 4.20. The van der Waals surface area contributed by atoms with E-state index < -0.39 is 22.7 Å². The Morgan fingerprint density at radius 2 is 2.06 bits per heavy atom. The number of halogens is 5. The van der Waals surface area contributed by atoms with E-state index in [1.165, 1.54) is 6.07 Å². The van der Waals surface area contributed by atoms with Crippen LogP contribution in [0.3, 0.4) is 0 Å².